The van der Waals surface area contributed by atoms with Crippen LogP contribution in [0.1, 0.15) is 10.5 Å². The Kier molecular flexibility index (Phi) is 6.10. The van der Waals surface area contributed by atoms with E-state index in [2.05, 4.69) is 4.98 Å². The minimum atomic E-state index is -4.52. The third-order valence-electron chi connectivity index (χ3n) is 3.36. The first kappa shape index (κ1) is 21.1. The van der Waals surface area contributed by atoms with Gasteiger partial charge in [0, 0.05) is 26.2 Å². The van der Waals surface area contributed by atoms with Crippen molar-refractivity contribution in [3.05, 3.63) is 47.2 Å². The van der Waals surface area contributed by atoms with Gasteiger partial charge < -0.3 is 4.74 Å². The van der Waals surface area contributed by atoms with Crippen molar-refractivity contribution in [3.63, 3.8) is 0 Å². The zero-order valence-corrected chi connectivity index (χ0v) is 16.9. The van der Waals surface area contributed by atoms with E-state index in [-0.39, 0.29) is 16.6 Å². The fourth-order valence-corrected chi connectivity index (χ4v) is 4.88. The number of benzene rings is 1. The summed E-state index contributed by atoms with van der Waals surface area (Å²) < 4.78 is 57.7. The lowest BCUT2D eigenvalue weighted by atomic mass is 10.3. The minimum Gasteiger partial charge on any atom is -0.497 e. The summed E-state index contributed by atoms with van der Waals surface area (Å²) in [6.45, 7) is 0. The Bertz CT molecular complexity index is 1080. The SMILES string of the molecule is COc1cc(Cl)nc(C(=O)NS(=O)(=O)c2ccccc2S(=O)(=O)N(C)C)c1. The van der Waals surface area contributed by atoms with Gasteiger partial charge in [0.1, 0.15) is 26.4 Å². The maximum atomic E-state index is 12.6. The number of nitrogens with zero attached hydrogens (tertiary/aromatic N) is 2. The van der Waals surface area contributed by atoms with E-state index >= 15 is 0 Å². The molecule has 0 bridgehead atoms. The van der Waals surface area contributed by atoms with Crippen molar-refractivity contribution in [1.29, 1.82) is 0 Å². The summed E-state index contributed by atoms with van der Waals surface area (Å²) in [6.07, 6.45) is 0. The Morgan fingerprint density at radius 1 is 1.11 bits per heavy atom. The second-order valence-electron chi connectivity index (χ2n) is 5.38. The average Bonchev–Trinajstić information content (AvgIpc) is 2.60. The maximum Gasteiger partial charge on any atom is 0.283 e. The molecule has 0 spiro atoms. The number of pyridine rings is 1. The molecule has 9 nitrogen and oxygen atoms in total. The smallest absolute Gasteiger partial charge is 0.283 e. The molecule has 1 aromatic heterocycles. The average molecular weight is 434 g/mol. The summed E-state index contributed by atoms with van der Waals surface area (Å²) in [5.74, 6) is -0.888. The molecule has 12 heteroatoms. The van der Waals surface area contributed by atoms with Crippen LogP contribution >= 0.6 is 11.6 Å². The van der Waals surface area contributed by atoms with Crippen molar-refractivity contribution < 1.29 is 26.4 Å². The van der Waals surface area contributed by atoms with Crippen LogP contribution < -0.4 is 9.46 Å². The summed E-state index contributed by atoms with van der Waals surface area (Å²) in [6, 6.07) is 7.47. The van der Waals surface area contributed by atoms with Gasteiger partial charge in [0.05, 0.1) is 7.11 Å². The lowest BCUT2D eigenvalue weighted by Gasteiger charge is -2.15. The predicted molar refractivity (Wildman–Crippen MR) is 97.8 cm³/mol. The normalized spacial score (nSPS) is 12.0. The molecular weight excluding hydrogens is 418 g/mol. The first-order valence-corrected chi connectivity index (χ1v) is 10.6. The Morgan fingerprint density at radius 3 is 2.26 bits per heavy atom. The molecule has 1 heterocycles. The van der Waals surface area contributed by atoms with E-state index in [9.17, 15) is 21.6 Å². The van der Waals surface area contributed by atoms with Gasteiger partial charge >= 0.3 is 0 Å². The summed E-state index contributed by atoms with van der Waals surface area (Å²) in [7, 11) is -4.71. The molecule has 0 aliphatic carbocycles. The number of nitrogens with one attached hydrogen (secondary N) is 1. The van der Waals surface area contributed by atoms with Gasteiger partial charge in [-0.3, -0.25) is 4.79 Å². The number of hydrogen-bond donors (Lipinski definition) is 1. The molecule has 1 aromatic carbocycles. The van der Waals surface area contributed by atoms with E-state index in [1.165, 1.54) is 45.5 Å². The monoisotopic (exact) mass is 433 g/mol. The maximum absolute atomic E-state index is 12.6. The van der Waals surface area contributed by atoms with Crippen molar-refractivity contribution in [2.75, 3.05) is 21.2 Å². The molecule has 2 rings (SSSR count). The summed E-state index contributed by atoms with van der Waals surface area (Å²) in [5, 5.41) is -0.0764. The molecule has 146 valence electrons. The standard InChI is InChI=1S/C15H16ClN3O6S2/c1-19(2)27(23,24)13-7-5-4-6-12(13)26(21,22)18-15(20)11-8-10(25-3)9-14(16)17-11/h4-9H,1-3H3,(H,18,20). The first-order chi connectivity index (χ1) is 12.5. The third kappa shape index (κ3) is 4.56. The highest BCUT2D eigenvalue weighted by Gasteiger charge is 2.29. The van der Waals surface area contributed by atoms with Crippen molar-refractivity contribution in [3.8, 4) is 5.75 Å². The van der Waals surface area contributed by atoms with Gasteiger partial charge in [0.25, 0.3) is 15.9 Å². The van der Waals surface area contributed by atoms with Gasteiger partial charge in [-0.2, -0.15) is 0 Å². The molecule has 0 atom stereocenters. The summed E-state index contributed by atoms with van der Waals surface area (Å²) in [5.41, 5.74) is -0.309. The van der Waals surface area contributed by atoms with Crippen LogP contribution in [0.2, 0.25) is 5.15 Å². The van der Waals surface area contributed by atoms with Gasteiger partial charge in [-0.05, 0) is 12.1 Å². The molecule has 0 aliphatic rings. The van der Waals surface area contributed by atoms with Gasteiger partial charge in [0.15, 0.2) is 0 Å². The van der Waals surface area contributed by atoms with Crippen LogP contribution in [0, 0.1) is 0 Å². The Balaban J connectivity index is 2.47. The number of methoxy groups -OCH3 is 1. The zero-order chi connectivity index (χ0) is 20.4. The molecule has 1 N–H and O–H groups in total. The van der Waals surface area contributed by atoms with Crippen LogP contribution in [0.5, 0.6) is 5.75 Å². The quantitative estimate of drug-likeness (QED) is 0.677. The Hall–Kier alpha value is -2.21. The van der Waals surface area contributed by atoms with Crippen molar-refractivity contribution in [2.24, 2.45) is 0 Å². The number of amides is 1. The number of hydrogen-bond acceptors (Lipinski definition) is 7. The second-order valence-corrected chi connectivity index (χ2v) is 9.54. The predicted octanol–water partition coefficient (Wildman–Crippen LogP) is 1.11. The summed E-state index contributed by atoms with van der Waals surface area (Å²) >= 11 is 5.78. The largest absolute Gasteiger partial charge is 0.497 e. The highest BCUT2D eigenvalue weighted by molar-refractivity contribution is 7.92. The topological polar surface area (TPSA) is 123 Å². The number of rotatable bonds is 6. The van der Waals surface area contributed by atoms with E-state index in [1.807, 2.05) is 0 Å². The molecule has 0 radical (unpaired) electrons. The van der Waals surface area contributed by atoms with E-state index in [1.54, 1.807) is 4.72 Å². The molecule has 0 fully saturated rings. The number of ether oxygens (including phenoxy) is 1. The minimum absolute atomic E-state index is 0.0764. The molecule has 0 aliphatic heterocycles. The molecule has 1 amide bonds. The van der Waals surface area contributed by atoms with Crippen LogP contribution in [-0.2, 0) is 20.0 Å². The van der Waals surface area contributed by atoms with E-state index in [0.717, 1.165) is 16.4 Å². The third-order valence-corrected chi connectivity index (χ3v) is 6.95. The highest BCUT2D eigenvalue weighted by Crippen LogP contribution is 2.23. The van der Waals surface area contributed by atoms with Gasteiger partial charge in [0.2, 0.25) is 10.0 Å². The fourth-order valence-electron chi connectivity index (χ4n) is 2.02. The summed E-state index contributed by atoms with van der Waals surface area (Å²) in [4.78, 5) is 15.0. The number of carbonyl (C=O) groups is 1. The molecule has 27 heavy (non-hydrogen) atoms. The van der Waals surface area contributed by atoms with Crippen LogP contribution in [0.15, 0.2) is 46.2 Å². The number of carbonyl (C=O) groups excluding carboxylic acids is 1. The lowest BCUT2D eigenvalue weighted by molar-refractivity contribution is 0.0976. The van der Waals surface area contributed by atoms with E-state index < -0.39 is 35.7 Å². The van der Waals surface area contributed by atoms with Crippen LogP contribution in [0.3, 0.4) is 0 Å². The highest BCUT2D eigenvalue weighted by atomic mass is 35.5. The molecule has 0 unspecified atom stereocenters. The molecule has 0 saturated carbocycles. The van der Waals surface area contributed by atoms with Gasteiger partial charge in [-0.25, -0.2) is 30.8 Å². The van der Waals surface area contributed by atoms with Crippen LogP contribution in [-0.4, -0.2) is 53.2 Å². The zero-order valence-electron chi connectivity index (χ0n) is 14.5. The Labute approximate surface area is 162 Å². The molecule has 0 saturated heterocycles. The molecular formula is C15H16ClN3O6S2. The van der Waals surface area contributed by atoms with E-state index in [0.29, 0.717) is 0 Å². The van der Waals surface area contributed by atoms with Crippen molar-refractivity contribution >= 4 is 37.6 Å². The van der Waals surface area contributed by atoms with Gasteiger partial charge in [-0.15, -0.1) is 0 Å². The lowest BCUT2D eigenvalue weighted by Crippen LogP contribution is -2.33. The molecule has 2 aromatic rings. The van der Waals surface area contributed by atoms with Crippen molar-refractivity contribution in [1.82, 2.24) is 14.0 Å². The second kappa shape index (κ2) is 7.80. The van der Waals surface area contributed by atoms with Crippen LogP contribution in [0.4, 0.5) is 0 Å². The van der Waals surface area contributed by atoms with Gasteiger partial charge in [-0.1, -0.05) is 23.7 Å². The first-order valence-electron chi connectivity index (χ1n) is 7.29. The Morgan fingerprint density at radius 2 is 1.70 bits per heavy atom. The van der Waals surface area contributed by atoms with Crippen molar-refractivity contribution in [2.45, 2.75) is 9.79 Å². The number of aromatic nitrogens is 1. The van der Waals surface area contributed by atoms with Crippen LogP contribution in [0.25, 0.3) is 0 Å². The number of halogens is 1. The fraction of sp³-hybridized carbons (Fsp3) is 0.200. The van der Waals surface area contributed by atoms with E-state index in [4.69, 9.17) is 16.3 Å². The number of sulfonamides is 2.